The van der Waals surface area contributed by atoms with Gasteiger partial charge in [-0.1, -0.05) is 27.2 Å². The van der Waals surface area contributed by atoms with Crippen LogP contribution in [0.3, 0.4) is 0 Å². The molecular formula is C11H25N3O. The molecule has 0 aliphatic carbocycles. The van der Waals surface area contributed by atoms with Gasteiger partial charge < -0.3 is 0 Å². The largest absolute Gasteiger partial charge is 0.293 e. The highest BCUT2D eigenvalue weighted by molar-refractivity contribution is 5.81. The van der Waals surface area contributed by atoms with Crippen molar-refractivity contribution in [1.29, 1.82) is 0 Å². The molecule has 0 aromatic rings. The molecule has 0 saturated carbocycles. The first-order valence-corrected chi connectivity index (χ1v) is 5.84. The minimum Gasteiger partial charge on any atom is -0.293 e. The highest BCUT2D eigenvalue weighted by Crippen LogP contribution is 2.13. The zero-order chi connectivity index (χ0) is 11.8. The van der Waals surface area contributed by atoms with Crippen LogP contribution in [0.2, 0.25) is 0 Å². The van der Waals surface area contributed by atoms with E-state index in [1.165, 1.54) is 0 Å². The summed E-state index contributed by atoms with van der Waals surface area (Å²) < 4.78 is 0. The highest BCUT2D eigenvalue weighted by Gasteiger charge is 2.25. The number of hydrazine groups is 1. The summed E-state index contributed by atoms with van der Waals surface area (Å²) in [5.41, 5.74) is 2.25. The first-order valence-electron chi connectivity index (χ1n) is 5.84. The molecule has 0 heterocycles. The Hall–Kier alpha value is -0.610. The second-order valence-electron chi connectivity index (χ2n) is 3.95. The van der Waals surface area contributed by atoms with Crippen LogP contribution in [0.1, 0.15) is 46.5 Å². The minimum atomic E-state index is -0.0927. The lowest BCUT2D eigenvalue weighted by Gasteiger charge is -2.32. The van der Waals surface area contributed by atoms with Crippen LogP contribution in [-0.2, 0) is 4.79 Å². The van der Waals surface area contributed by atoms with Gasteiger partial charge in [0.25, 0.3) is 5.91 Å². The molecule has 0 aliphatic heterocycles. The van der Waals surface area contributed by atoms with E-state index in [1.54, 1.807) is 0 Å². The smallest absolute Gasteiger partial charge is 0.251 e. The van der Waals surface area contributed by atoms with Gasteiger partial charge in [-0.3, -0.25) is 15.1 Å². The molecular weight excluding hydrogens is 190 g/mol. The van der Waals surface area contributed by atoms with Gasteiger partial charge in [0, 0.05) is 6.04 Å². The van der Waals surface area contributed by atoms with Crippen LogP contribution in [0.5, 0.6) is 0 Å². The molecule has 0 spiro atoms. The molecule has 1 atom stereocenters. The van der Waals surface area contributed by atoms with Crippen molar-refractivity contribution in [3.63, 3.8) is 0 Å². The SMILES string of the molecule is CCCC(C(=O)NN)N(C)C(CC)CC. The van der Waals surface area contributed by atoms with E-state index in [2.05, 4.69) is 31.1 Å². The summed E-state index contributed by atoms with van der Waals surface area (Å²) in [5.74, 6) is 5.12. The molecule has 0 radical (unpaired) electrons. The van der Waals surface area contributed by atoms with Gasteiger partial charge in [0.05, 0.1) is 6.04 Å². The lowest BCUT2D eigenvalue weighted by molar-refractivity contribution is -0.127. The lowest BCUT2D eigenvalue weighted by Crippen LogP contribution is -2.50. The van der Waals surface area contributed by atoms with Crippen LogP contribution in [0.4, 0.5) is 0 Å². The molecule has 0 aromatic heterocycles. The number of likely N-dealkylation sites (N-methyl/N-ethyl adjacent to an activating group) is 1. The Morgan fingerprint density at radius 2 is 1.87 bits per heavy atom. The molecule has 1 amide bonds. The van der Waals surface area contributed by atoms with Crippen LogP contribution in [-0.4, -0.2) is 29.9 Å². The van der Waals surface area contributed by atoms with Crippen molar-refractivity contribution in [3.8, 4) is 0 Å². The highest BCUT2D eigenvalue weighted by atomic mass is 16.2. The van der Waals surface area contributed by atoms with E-state index in [-0.39, 0.29) is 11.9 Å². The molecule has 0 bridgehead atoms. The van der Waals surface area contributed by atoms with Crippen molar-refractivity contribution < 1.29 is 4.79 Å². The van der Waals surface area contributed by atoms with Gasteiger partial charge in [0.15, 0.2) is 0 Å². The van der Waals surface area contributed by atoms with E-state index in [9.17, 15) is 4.79 Å². The van der Waals surface area contributed by atoms with E-state index < -0.39 is 0 Å². The summed E-state index contributed by atoms with van der Waals surface area (Å²) in [6, 6.07) is 0.365. The molecule has 0 saturated heterocycles. The fourth-order valence-corrected chi connectivity index (χ4v) is 2.01. The first kappa shape index (κ1) is 14.4. The molecule has 4 nitrogen and oxygen atoms in total. The third-order valence-corrected chi connectivity index (χ3v) is 3.02. The summed E-state index contributed by atoms with van der Waals surface area (Å²) >= 11 is 0. The predicted octanol–water partition coefficient (Wildman–Crippen LogP) is 1.27. The van der Waals surface area contributed by atoms with Crippen molar-refractivity contribution in [3.05, 3.63) is 0 Å². The Balaban J connectivity index is 4.51. The van der Waals surface area contributed by atoms with Crippen molar-refractivity contribution in [1.82, 2.24) is 10.3 Å². The second kappa shape index (κ2) is 7.65. The van der Waals surface area contributed by atoms with Crippen LogP contribution in [0, 0.1) is 0 Å². The number of hydrogen-bond donors (Lipinski definition) is 2. The Morgan fingerprint density at radius 1 is 1.33 bits per heavy atom. The molecule has 0 fully saturated rings. The van der Waals surface area contributed by atoms with Gasteiger partial charge in [0.2, 0.25) is 0 Å². The van der Waals surface area contributed by atoms with E-state index in [0.717, 1.165) is 25.7 Å². The third-order valence-electron chi connectivity index (χ3n) is 3.02. The monoisotopic (exact) mass is 215 g/mol. The van der Waals surface area contributed by atoms with Crippen LogP contribution >= 0.6 is 0 Å². The predicted molar refractivity (Wildman–Crippen MR) is 63.2 cm³/mol. The van der Waals surface area contributed by atoms with Gasteiger partial charge in [-0.25, -0.2) is 5.84 Å². The van der Waals surface area contributed by atoms with E-state index in [0.29, 0.717) is 6.04 Å². The number of nitrogens with two attached hydrogens (primary N) is 1. The van der Waals surface area contributed by atoms with E-state index in [4.69, 9.17) is 5.84 Å². The molecule has 0 aliphatic rings. The quantitative estimate of drug-likeness (QED) is 0.382. The molecule has 90 valence electrons. The average Bonchev–Trinajstić information content (AvgIpc) is 2.26. The lowest BCUT2D eigenvalue weighted by atomic mass is 10.0. The van der Waals surface area contributed by atoms with E-state index >= 15 is 0 Å². The number of carbonyl (C=O) groups is 1. The van der Waals surface area contributed by atoms with Crippen LogP contribution < -0.4 is 11.3 Å². The number of rotatable bonds is 7. The maximum Gasteiger partial charge on any atom is 0.251 e. The summed E-state index contributed by atoms with van der Waals surface area (Å²) in [6.45, 7) is 6.37. The molecule has 3 N–H and O–H groups in total. The fourth-order valence-electron chi connectivity index (χ4n) is 2.01. The maximum atomic E-state index is 11.6. The minimum absolute atomic E-state index is 0.0775. The molecule has 15 heavy (non-hydrogen) atoms. The summed E-state index contributed by atoms with van der Waals surface area (Å²) in [5, 5.41) is 0. The number of nitrogens with one attached hydrogen (secondary N) is 1. The number of hydrogen-bond acceptors (Lipinski definition) is 3. The topological polar surface area (TPSA) is 58.4 Å². The van der Waals surface area contributed by atoms with Crippen LogP contribution in [0.25, 0.3) is 0 Å². The molecule has 0 aromatic carbocycles. The Kier molecular flexibility index (Phi) is 7.34. The Bertz CT molecular complexity index is 181. The molecule has 0 rings (SSSR count). The number of nitrogens with zero attached hydrogens (tertiary/aromatic N) is 1. The standard InChI is InChI=1S/C11H25N3O/c1-5-8-10(11(15)13-12)14(4)9(6-2)7-3/h9-10H,5-8,12H2,1-4H3,(H,13,15). The second-order valence-corrected chi connectivity index (χ2v) is 3.95. The number of amides is 1. The van der Waals surface area contributed by atoms with Crippen molar-refractivity contribution in [2.75, 3.05) is 7.05 Å². The van der Waals surface area contributed by atoms with Crippen molar-refractivity contribution in [2.45, 2.75) is 58.5 Å². The fraction of sp³-hybridized carbons (Fsp3) is 0.909. The Labute approximate surface area is 93.2 Å². The summed E-state index contributed by atoms with van der Waals surface area (Å²) in [4.78, 5) is 13.7. The first-order chi connectivity index (χ1) is 7.12. The average molecular weight is 215 g/mol. The third kappa shape index (κ3) is 4.18. The van der Waals surface area contributed by atoms with Crippen molar-refractivity contribution in [2.24, 2.45) is 5.84 Å². The van der Waals surface area contributed by atoms with Gasteiger partial charge in [-0.05, 0) is 26.3 Å². The molecule has 1 unspecified atom stereocenters. The van der Waals surface area contributed by atoms with Gasteiger partial charge in [-0.2, -0.15) is 0 Å². The number of carbonyl (C=O) groups excluding carboxylic acids is 1. The molecule has 4 heteroatoms. The van der Waals surface area contributed by atoms with Gasteiger partial charge in [-0.15, -0.1) is 0 Å². The van der Waals surface area contributed by atoms with Gasteiger partial charge in [0.1, 0.15) is 0 Å². The zero-order valence-corrected chi connectivity index (χ0v) is 10.4. The zero-order valence-electron chi connectivity index (χ0n) is 10.4. The van der Waals surface area contributed by atoms with Crippen molar-refractivity contribution >= 4 is 5.91 Å². The summed E-state index contributed by atoms with van der Waals surface area (Å²) in [7, 11) is 2.01. The van der Waals surface area contributed by atoms with Crippen LogP contribution in [0.15, 0.2) is 0 Å². The van der Waals surface area contributed by atoms with Gasteiger partial charge >= 0.3 is 0 Å². The van der Waals surface area contributed by atoms with E-state index in [1.807, 2.05) is 7.05 Å². The summed E-state index contributed by atoms with van der Waals surface area (Å²) in [6.07, 6.45) is 3.97. The normalized spacial score (nSPS) is 13.3. The maximum absolute atomic E-state index is 11.6. The Morgan fingerprint density at radius 3 is 2.20 bits per heavy atom.